The van der Waals surface area contributed by atoms with Crippen LogP contribution in [0.1, 0.15) is 19.3 Å². The highest BCUT2D eigenvalue weighted by atomic mass is 35.5. The third-order valence-corrected chi connectivity index (χ3v) is 5.88. The van der Waals surface area contributed by atoms with Gasteiger partial charge in [0.1, 0.15) is 5.82 Å². The van der Waals surface area contributed by atoms with Gasteiger partial charge in [-0.3, -0.25) is 9.59 Å². The molecule has 0 aliphatic carbocycles. The quantitative estimate of drug-likeness (QED) is 0.813. The Kier molecular flexibility index (Phi) is 8.18. The highest BCUT2D eigenvalue weighted by Gasteiger charge is 2.28. The van der Waals surface area contributed by atoms with E-state index < -0.39 is 0 Å². The first-order chi connectivity index (χ1) is 12.1. The van der Waals surface area contributed by atoms with Crippen LogP contribution in [0.25, 0.3) is 0 Å². The predicted octanol–water partition coefficient (Wildman–Crippen LogP) is 2.52. The van der Waals surface area contributed by atoms with Gasteiger partial charge in [-0.1, -0.05) is 0 Å². The molecule has 3 rings (SSSR count). The summed E-state index contributed by atoms with van der Waals surface area (Å²) in [6.45, 7) is 2.22. The summed E-state index contributed by atoms with van der Waals surface area (Å²) in [6, 6.07) is 6.04. The normalized spacial score (nSPS) is 21.0. The Balaban J connectivity index is 0.00000243. The standard InChI is InChI=1S/C18H24FN3O2S.ClH/c19-14-1-3-15(4-2-14)21-18(24)13-5-8-22(9-6-13)17(23)11-16-12-25-10-7-20-16;/h1-4,13,16,20H,5-12H2,(H,21,24);1H. The molecular weight excluding hydrogens is 377 g/mol. The minimum absolute atomic E-state index is 0. The van der Waals surface area contributed by atoms with Crippen molar-refractivity contribution in [1.29, 1.82) is 0 Å². The van der Waals surface area contributed by atoms with E-state index >= 15 is 0 Å². The lowest BCUT2D eigenvalue weighted by Crippen LogP contribution is -2.45. The van der Waals surface area contributed by atoms with Crippen molar-refractivity contribution < 1.29 is 14.0 Å². The predicted molar refractivity (Wildman–Crippen MR) is 105 cm³/mol. The SMILES string of the molecule is Cl.O=C(Nc1ccc(F)cc1)C1CCN(C(=O)CC2CSCCN2)CC1. The fourth-order valence-corrected chi connectivity index (χ4v) is 4.21. The third kappa shape index (κ3) is 5.86. The third-order valence-electron chi connectivity index (χ3n) is 4.75. The van der Waals surface area contributed by atoms with Crippen LogP contribution in [0.4, 0.5) is 10.1 Å². The van der Waals surface area contributed by atoms with E-state index in [1.165, 1.54) is 12.1 Å². The number of hydrogen-bond donors (Lipinski definition) is 2. The lowest BCUT2D eigenvalue weighted by molar-refractivity contribution is -0.134. The van der Waals surface area contributed by atoms with Crippen LogP contribution in [-0.2, 0) is 9.59 Å². The van der Waals surface area contributed by atoms with Crippen molar-refractivity contribution in [2.45, 2.75) is 25.3 Å². The summed E-state index contributed by atoms with van der Waals surface area (Å²) >= 11 is 1.89. The molecule has 144 valence electrons. The van der Waals surface area contributed by atoms with E-state index in [0.717, 1.165) is 18.1 Å². The summed E-state index contributed by atoms with van der Waals surface area (Å²) in [5.74, 6) is 1.80. The zero-order valence-corrected chi connectivity index (χ0v) is 16.2. The molecule has 1 aromatic carbocycles. The minimum atomic E-state index is -0.323. The van der Waals surface area contributed by atoms with Gasteiger partial charge >= 0.3 is 0 Å². The number of hydrogen-bond acceptors (Lipinski definition) is 4. The molecule has 26 heavy (non-hydrogen) atoms. The summed E-state index contributed by atoms with van der Waals surface area (Å²) < 4.78 is 12.9. The van der Waals surface area contributed by atoms with Crippen molar-refractivity contribution in [1.82, 2.24) is 10.2 Å². The molecule has 1 atom stereocenters. The first-order valence-electron chi connectivity index (χ1n) is 8.77. The van der Waals surface area contributed by atoms with Gasteiger partial charge in [-0.05, 0) is 37.1 Å². The number of anilines is 1. The Morgan fingerprint density at radius 2 is 1.92 bits per heavy atom. The summed E-state index contributed by atoms with van der Waals surface area (Å²) in [5.41, 5.74) is 0.603. The number of nitrogens with one attached hydrogen (secondary N) is 2. The zero-order chi connectivity index (χ0) is 17.6. The Bertz CT molecular complexity index is 603. The van der Waals surface area contributed by atoms with Gasteiger partial charge in [0.25, 0.3) is 0 Å². The Labute approximate surface area is 163 Å². The van der Waals surface area contributed by atoms with Gasteiger partial charge in [0, 0.05) is 55.2 Å². The first kappa shape index (κ1) is 21.0. The molecule has 5 nitrogen and oxygen atoms in total. The van der Waals surface area contributed by atoms with Gasteiger partial charge in [-0.25, -0.2) is 4.39 Å². The number of thioether (sulfide) groups is 1. The van der Waals surface area contributed by atoms with E-state index in [1.807, 2.05) is 16.7 Å². The second kappa shape index (κ2) is 10.1. The highest BCUT2D eigenvalue weighted by molar-refractivity contribution is 7.99. The molecule has 1 aromatic rings. The maximum Gasteiger partial charge on any atom is 0.227 e. The summed E-state index contributed by atoms with van der Waals surface area (Å²) in [4.78, 5) is 26.6. The highest BCUT2D eigenvalue weighted by Crippen LogP contribution is 2.21. The smallest absolute Gasteiger partial charge is 0.227 e. The molecule has 2 fully saturated rings. The van der Waals surface area contributed by atoms with Crippen molar-refractivity contribution in [2.75, 3.05) is 36.5 Å². The van der Waals surface area contributed by atoms with E-state index in [0.29, 0.717) is 38.0 Å². The molecule has 1 unspecified atom stereocenters. The molecule has 0 saturated carbocycles. The minimum Gasteiger partial charge on any atom is -0.343 e. The second-order valence-electron chi connectivity index (χ2n) is 6.58. The number of piperidine rings is 1. The molecule has 0 radical (unpaired) electrons. The van der Waals surface area contributed by atoms with Gasteiger partial charge in [-0.15, -0.1) is 12.4 Å². The molecule has 2 aliphatic rings. The maximum atomic E-state index is 12.9. The first-order valence-corrected chi connectivity index (χ1v) is 9.92. The van der Waals surface area contributed by atoms with Crippen molar-refractivity contribution in [3.05, 3.63) is 30.1 Å². The van der Waals surface area contributed by atoms with Gasteiger partial charge < -0.3 is 15.5 Å². The molecule has 2 heterocycles. The molecule has 8 heteroatoms. The van der Waals surface area contributed by atoms with Crippen LogP contribution in [-0.4, -0.2) is 53.9 Å². The topological polar surface area (TPSA) is 61.4 Å². The van der Waals surface area contributed by atoms with E-state index in [-0.39, 0.29) is 42.0 Å². The number of halogens is 2. The van der Waals surface area contributed by atoms with Crippen LogP contribution >= 0.6 is 24.2 Å². The average Bonchev–Trinajstić information content (AvgIpc) is 2.64. The molecule has 0 spiro atoms. The van der Waals surface area contributed by atoms with Crippen LogP contribution in [0, 0.1) is 11.7 Å². The van der Waals surface area contributed by atoms with Crippen molar-refractivity contribution in [2.24, 2.45) is 5.92 Å². The number of amides is 2. The average molecular weight is 402 g/mol. The lowest BCUT2D eigenvalue weighted by Gasteiger charge is -2.33. The number of carbonyl (C=O) groups is 2. The summed E-state index contributed by atoms with van der Waals surface area (Å²) in [5, 5.41) is 6.21. The van der Waals surface area contributed by atoms with Crippen LogP contribution in [0.2, 0.25) is 0 Å². The monoisotopic (exact) mass is 401 g/mol. The van der Waals surface area contributed by atoms with Crippen LogP contribution in [0.5, 0.6) is 0 Å². The summed E-state index contributed by atoms with van der Waals surface area (Å²) in [6.07, 6.45) is 1.89. The fraction of sp³-hybridized carbons (Fsp3) is 0.556. The number of benzene rings is 1. The number of likely N-dealkylation sites (tertiary alicyclic amines) is 1. The molecule has 2 aliphatic heterocycles. The molecule has 2 saturated heterocycles. The van der Waals surface area contributed by atoms with E-state index in [1.54, 1.807) is 12.1 Å². The molecule has 0 aromatic heterocycles. The Hall–Kier alpha value is -1.31. The number of carbonyl (C=O) groups excluding carboxylic acids is 2. The van der Waals surface area contributed by atoms with E-state index in [9.17, 15) is 14.0 Å². The van der Waals surface area contributed by atoms with Gasteiger partial charge in [0.2, 0.25) is 11.8 Å². The lowest BCUT2D eigenvalue weighted by atomic mass is 9.95. The van der Waals surface area contributed by atoms with Crippen LogP contribution in [0.3, 0.4) is 0 Å². The van der Waals surface area contributed by atoms with Crippen molar-refractivity contribution >= 4 is 41.7 Å². The van der Waals surface area contributed by atoms with E-state index in [2.05, 4.69) is 10.6 Å². The van der Waals surface area contributed by atoms with E-state index in [4.69, 9.17) is 0 Å². The molecule has 2 N–H and O–H groups in total. The van der Waals surface area contributed by atoms with Crippen molar-refractivity contribution in [3.63, 3.8) is 0 Å². The van der Waals surface area contributed by atoms with Gasteiger partial charge in [-0.2, -0.15) is 11.8 Å². The molecule has 2 amide bonds. The Morgan fingerprint density at radius 1 is 1.23 bits per heavy atom. The fourth-order valence-electron chi connectivity index (χ4n) is 3.26. The van der Waals surface area contributed by atoms with Crippen molar-refractivity contribution in [3.8, 4) is 0 Å². The van der Waals surface area contributed by atoms with Crippen LogP contribution in [0.15, 0.2) is 24.3 Å². The zero-order valence-electron chi connectivity index (χ0n) is 14.6. The van der Waals surface area contributed by atoms with Gasteiger partial charge in [0.15, 0.2) is 0 Å². The summed E-state index contributed by atoms with van der Waals surface area (Å²) in [7, 11) is 0. The maximum absolute atomic E-state index is 12.9. The number of nitrogens with zero attached hydrogens (tertiary/aromatic N) is 1. The van der Waals surface area contributed by atoms with Crippen LogP contribution < -0.4 is 10.6 Å². The molecule has 0 bridgehead atoms. The second-order valence-corrected chi connectivity index (χ2v) is 7.73. The molecular formula is C18H25ClFN3O2S. The number of rotatable bonds is 4. The largest absolute Gasteiger partial charge is 0.343 e. The van der Waals surface area contributed by atoms with Gasteiger partial charge in [0.05, 0.1) is 0 Å². The Morgan fingerprint density at radius 3 is 2.54 bits per heavy atom.